The van der Waals surface area contributed by atoms with Gasteiger partial charge < -0.3 is 19.4 Å². The Bertz CT molecular complexity index is 983. The van der Waals surface area contributed by atoms with Crippen LogP contribution in [0.3, 0.4) is 0 Å². The van der Waals surface area contributed by atoms with Crippen LogP contribution in [-0.2, 0) is 25.7 Å². The van der Waals surface area contributed by atoms with Gasteiger partial charge in [-0.1, -0.05) is 12.1 Å². The summed E-state index contributed by atoms with van der Waals surface area (Å²) >= 11 is 0. The summed E-state index contributed by atoms with van der Waals surface area (Å²) in [6.45, 7) is 7.82. The molecule has 4 amide bonds. The van der Waals surface area contributed by atoms with Gasteiger partial charge in [-0.2, -0.15) is 0 Å². The van der Waals surface area contributed by atoms with Crippen LogP contribution in [0.15, 0.2) is 18.2 Å². The van der Waals surface area contributed by atoms with E-state index >= 15 is 0 Å². The van der Waals surface area contributed by atoms with E-state index in [1.807, 2.05) is 50.9 Å². The lowest BCUT2D eigenvalue weighted by Gasteiger charge is -2.38. The van der Waals surface area contributed by atoms with Crippen molar-refractivity contribution in [1.82, 2.24) is 15.1 Å². The van der Waals surface area contributed by atoms with Crippen LogP contribution in [0.2, 0.25) is 0 Å². The zero-order valence-corrected chi connectivity index (χ0v) is 22.2. The van der Waals surface area contributed by atoms with E-state index in [1.54, 1.807) is 19.0 Å². The number of likely N-dealkylation sites (N-methyl/N-ethyl adjacent to an activating group) is 1. The minimum Gasteiger partial charge on any atom is -0.444 e. The second kappa shape index (κ2) is 11.3. The van der Waals surface area contributed by atoms with Gasteiger partial charge >= 0.3 is 6.09 Å². The largest absolute Gasteiger partial charge is 0.444 e. The van der Waals surface area contributed by atoms with E-state index in [1.165, 1.54) is 4.90 Å². The first-order valence-corrected chi connectivity index (χ1v) is 12.5. The lowest BCUT2D eigenvalue weighted by molar-refractivity contribution is -0.134. The van der Waals surface area contributed by atoms with Crippen LogP contribution in [0, 0.1) is 0 Å². The molecule has 10 nitrogen and oxygen atoms in total. The Balaban J connectivity index is 1.72. The molecule has 198 valence electrons. The van der Waals surface area contributed by atoms with Crippen molar-refractivity contribution >= 4 is 35.7 Å². The highest BCUT2D eigenvalue weighted by Gasteiger charge is 2.33. The number of likely N-dealkylation sites (tertiary alicyclic amines) is 1. The number of ether oxygens (including phenoxy) is 1. The molecule has 1 unspecified atom stereocenters. The van der Waals surface area contributed by atoms with Crippen molar-refractivity contribution in [3.63, 3.8) is 0 Å². The molecule has 1 aromatic carbocycles. The Morgan fingerprint density at radius 3 is 2.39 bits per heavy atom. The lowest BCUT2D eigenvalue weighted by atomic mass is 10.0. The van der Waals surface area contributed by atoms with Gasteiger partial charge in [0.25, 0.3) is 0 Å². The lowest BCUT2D eigenvalue weighted by Crippen LogP contribution is -2.51. The standard InChI is InChI=1S/C26H39N5O5/c1-26(2,3)36-25(35)29(5)19-12-14-31(15-13-19)16-18-8-7-9-20(23(18)28(4)17-32)30(6)21-10-11-22(33)27-24(21)34/h7-9,17,19,21H,10-16H2,1-6H3,(H,27,33,34). The quantitative estimate of drug-likeness (QED) is 0.452. The van der Waals surface area contributed by atoms with Crippen LogP contribution in [0.5, 0.6) is 0 Å². The third kappa shape index (κ3) is 6.54. The van der Waals surface area contributed by atoms with Gasteiger partial charge in [0.2, 0.25) is 18.2 Å². The second-order valence-corrected chi connectivity index (χ2v) is 10.7. The van der Waals surface area contributed by atoms with Crippen LogP contribution < -0.4 is 15.1 Å². The highest BCUT2D eigenvalue weighted by atomic mass is 16.6. The summed E-state index contributed by atoms with van der Waals surface area (Å²) in [6.07, 6.45) is 2.82. The topological polar surface area (TPSA) is 102 Å². The number of nitrogens with zero attached hydrogens (tertiary/aromatic N) is 4. The first kappa shape index (κ1) is 27.4. The minimum absolute atomic E-state index is 0.109. The maximum absolute atomic E-state index is 12.5. The van der Waals surface area contributed by atoms with E-state index in [9.17, 15) is 19.2 Å². The van der Waals surface area contributed by atoms with Gasteiger partial charge in [0.15, 0.2) is 0 Å². The smallest absolute Gasteiger partial charge is 0.410 e. The molecular formula is C26H39N5O5. The van der Waals surface area contributed by atoms with E-state index in [0.29, 0.717) is 13.0 Å². The second-order valence-electron chi connectivity index (χ2n) is 10.7. The number of rotatable bonds is 7. The molecule has 2 heterocycles. The number of imide groups is 1. The number of amides is 4. The number of hydrogen-bond acceptors (Lipinski definition) is 7. The van der Waals surface area contributed by atoms with Crippen molar-refractivity contribution in [3.05, 3.63) is 23.8 Å². The van der Waals surface area contributed by atoms with Crippen LogP contribution in [0.1, 0.15) is 52.0 Å². The van der Waals surface area contributed by atoms with E-state index in [2.05, 4.69) is 10.2 Å². The molecule has 0 saturated carbocycles. The molecule has 2 aliphatic heterocycles. The molecule has 1 N–H and O–H groups in total. The van der Waals surface area contributed by atoms with Crippen molar-refractivity contribution in [1.29, 1.82) is 0 Å². The predicted molar refractivity (Wildman–Crippen MR) is 138 cm³/mol. The van der Waals surface area contributed by atoms with Gasteiger partial charge in [0.1, 0.15) is 11.6 Å². The van der Waals surface area contributed by atoms with Gasteiger partial charge in [0, 0.05) is 53.2 Å². The summed E-state index contributed by atoms with van der Waals surface area (Å²) in [4.78, 5) is 55.7. The molecule has 0 aromatic heterocycles. The molecule has 0 bridgehead atoms. The molecule has 0 radical (unpaired) electrons. The summed E-state index contributed by atoms with van der Waals surface area (Å²) in [5.74, 6) is -0.584. The van der Waals surface area contributed by atoms with E-state index in [0.717, 1.165) is 49.3 Å². The van der Waals surface area contributed by atoms with Crippen molar-refractivity contribution in [2.24, 2.45) is 0 Å². The van der Waals surface area contributed by atoms with E-state index in [-0.39, 0.29) is 30.4 Å². The summed E-state index contributed by atoms with van der Waals surface area (Å²) in [7, 11) is 5.31. The molecule has 0 aliphatic carbocycles. The van der Waals surface area contributed by atoms with Gasteiger partial charge in [0.05, 0.1) is 11.4 Å². The minimum atomic E-state index is -0.529. The number of benzene rings is 1. The molecule has 0 spiro atoms. The molecule has 10 heteroatoms. The summed E-state index contributed by atoms with van der Waals surface area (Å²) in [5, 5.41) is 2.41. The number of nitrogens with one attached hydrogen (secondary N) is 1. The molecule has 2 fully saturated rings. The zero-order chi connectivity index (χ0) is 26.6. The molecule has 36 heavy (non-hydrogen) atoms. The molecule has 2 saturated heterocycles. The maximum Gasteiger partial charge on any atom is 0.410 e. The molecular weight excluding hydrogens is 462 g/mol. The maximum atomic E-state index is 12.5. The number of carbonyl (C=O) groups is 4. The third-order valence-corrected chi connectivity index (χ3v) is 6.85. The first-order valence-electron chi connectivity index (χ1n) is 12.5. The van der Waals surface area contributed by atoms with Crippen LogP contribution in [-0.4, -0.2) is 86.0 Å². The monoisotopic (exact) mass is 501 g/mol. The average molecular weight is 502 g/mol. The fourth-order valence-corrected chi connectivity index (χ4v) is 4.86. The normalized spacial score (nSPS) is 19.4. The fourth-order valence-electron chi connectivity index (χ4n) is 4.86. The Morgan fingerprint density at radius 2 is 1.81 bits per heavy atom. The van der Waals surface area contributed by atoms with Gasteiger partial charge in [-0.15, -0.1) is 0 Å². The highest BCUT2D eigenvalue weighted by molar-refractivity contribution is 6.02. The van der Waals surface area contributed by atoms with Gasteiger partial charge in [-0.25, -0.2) is 4.79 Å². The van der Waals surface area contributed by atoms with Crippen molar-refractivity contribution < 1.29 is 23.9 Å². The Morgan fingerprint density at radius 1 is 1.14 bits per heavy atom. The van der Waals surface area contributed by atoms with Crippen LogP contribution >= 0.6 is 0 Å². The zero-order valence-electron chi connectivity index (χ0n) is 22.2. The van der Waals surface area contributed by atoms with Crippen LogP contribution in [0.25, 0.3) is 0 Å². The third-order valence-electron chi connectivity index (χ3n) is 6.85. The number of para-hydroxylation sites is 1. The van der Waals surface area contributed by atoms with Crippen LogP contribution in [0.4, 0.5) is 16.2 Å². The average Bonchev–Trinajstić information content (AvgIpc) is 2.82. The van der Waals surface area contributed by atoms with Crippen molar-refractivity contribution in [3.8, 4) is 0 Å². The number of hydrogen-bond donors (Lipinski definition) is 1. The number of anilines is 2. The number of carbonyl (C=O) groups excluding carboxylic acids is 4. The van der Waals surface area contributed by atoms with E-state index < -0.39 is 11.6 Å². The van der Waals surface area contributed by atoms with Crippen molar-refractivity contribution in [2.75, 3.05) is 44.0 Å². The first-order chi connectivity index (χ1) is 16.9. The summed E-state index contributed by atoms with van der Waals surface area (Å²) < 4.78 is 5.51. The summed E-state index contributed by atoms with van der Waals surface area (Å²) in [6, 6.07) is 5.44. The van der Waals surface area contributed by atoms with E-state index in [4.69, 9.17) is 4.74 Å². The highest BCUT2D eigenvalue weighted by Crippen LogP contribution is 2.35. The number of piperidine rings is 2. The molecule has 3 rings (SSSR count). The van der Waals surface area contributed by atoms with Gasteiger partial charge in [-0.3, -0.25) is 24.6 Å². The van der Waals surface area contributed by atoms with Gasteiger partial charge in [-0.05, 0) is 51.7 Å². The Hall–Kier alpha value is -3.14. The predicted octanol–water partition coefficient (Wildman–Crippen LogP) is 2.35. The van der Waals surface area contributed by atoms with Crippen molar-refractivity contribution in [2.45, 2.75) is 70.7 Å². The summed E-state index contributed by atoms with van der Waals surface area (Å²) in [5.41, 5.74) is 1.95. The Labute approximate surface area is 213 Å². The molecule has 1 aromatic rings. The Kier molecular flexibility index (Phi) is 8.60. The fraction of sp³-hybridized carbons (Fsp3) is 0.615. The SMILES string of the molecule is CN(C=O)c1c(CN2CCC(N(C)C(=O)OC(C)(C)C)CC2)cccc1N(C)C1CCC(=O)NC1=O. The molecule has 2 aliphatic rings. The molecule has 1 atom stereocenters.